The Morgan fingerprint density at radius 3 is 2.24 bits per heavy atom. The van der Waals surface area contributed by atoms with Crippen LogP contribution in [0.2, 0.25) is 5.15 Å². The maximum Gasteiger partial charge on any atom is 0.420 e. The van der Waals surface area contributed by atoms with Crippen molar-refractivity contribution in [3.63, 3.8) is 0 Å². The third-order valence-corrected chi connectivity index (χ3v) is 2.83. The number of ether oxygens (including phenoxy) is 2. The first-order valence-corrected chi connectivity index (χ1v) is 7.87. The van der Waals surface area contributed by atoms with Crippen LogP contribution in [0.5, 0.6) is 0 Å². The van der Waals surface area contributed by atoms with Gasteiger partial charge in [-0.15, -0.1) is 0 Å². The smallest absolute Gasteiger partial charge is 0.420 e. The summed E-state index contributed by atoms with van der Waals surface area (Å²) < 4.78 is 11.5. The van der Waals surface area contributed by atoms with Gasteiger partial charge in [0.2, 0.25) is 5.95 Å². The van der Waals surface area contributed by atoms with Crippen molar-refractivity contribution < 1.29 is 19.1 Å². The molecule has 0 aliphatic carbocycles. The molecule has 136 valence electrons. The van der Waals surface area contributed by atoms with E-state index >= 15 is 0 Å². The molecule has 1 amide bonds. The molecule has 2 aromatic heterocycles. The average molecular weight is 370 g/mol. The molecule has 9 nitrogen and oxygen atoms in total. The minimum Gasteiger partial charge on any atom is -0.444 e. The van der Waals surface area contributed by atoms with Crippen molar-refractivity contribution >= 4 is 40.9 Å². The Kier molecular flexibility index (Phi) is 4.90. The SMILES string of the molecule is CC(C)(C)OC(=O)Nc1nc(Cl)c2c(ncn2C(=O)OC(C)(C)C)n1. The molecular weight excluding hydrogens is 350 g/mol. The molecule has 10 heteroatoms. The van der Waals surface area contributed by atoms with Gasteiger partial charge in [-0.2, -0.15) is 9.97 Å². The van der Waals surface area contributed by atoms with Gasteiger partial charge in [0.25, 0.3) is 0 Å². The molecule has 0 saturated carbocycles. The predicted octanol–water partition coefficient (Wildman–Crippen LogP) is 3.61. The number of halogens is 1. The lowest BCUT2D eigenvalue weighted by atomic mass is 10.2. The summed E-state index contributed by atoms with van der Waals surface area (Å²) >= 11 is 6.13. The molecule has 0 radical (unpaired) electrons. The topological polar surface area (TPSA) is 108 Å². The zero-order valence-electron chi connectivity index (χ0n) is 14.9. The quantitative estimate of drug-likeness (QED) is 0.764. The van der Waals surface area contributed by atoms with Crippen molar-refractivity contribution in [2.45, 2.75) is 52.7 Å². The number of aromatic nitrogens is 4. The second-order valence-electron chi connectivity index (χ2n) is 7.23. The number of carbonyl (C=O) groups is 2. The zero-order chi connectivity index (χ0) is 19.0. The summed E-state index contributed by atoms with van der Waals surface area (Å²) in [6, 6.07) is 0. The number of hydrogen-bond donors (Lipinski definition) is 1. The summed E-state index contributed by atoms with van der Waals surface area (Å²) in [7, 11) is 0. The number of fused-ring (bicyclic) bond motifs is 1. The van der Waals surface area contributed by atoms with Crippen LogP contribution in [0, 0.1) is 0 Å². The third-order valence-electron chi connectivity index (χ3n) is 2.56. The number of hydrogen-bond acceptors (Lipinski definition) is 7. The van der Waals surface area contributed by atoms with Gasteiger partial charge >= 0.3 is 12.2 Å². The highest BCUT2D eigenvalue weighted by molar-refractivity contribution is 6.34. The number of rotatable bonds is 1. The summed E-state index contributed by atoms with van der Waals surface area (Å²) in [6.07, 6.45) is -0.154. The lowest BCUT2D eigenvalue weighted by Crippen LogP contribution is -2.28. The first kappa shape index (κ1) is 18.9. The maximum atomic E-state index is 12.2. The van der Waals surface area contributed by atoms with Crippen molar-refractivity contribution in [3.8, 4) is 0 Å². The zero-order valence-corrected chi connectivity index (χ0v) is 15.6. The van der Waals surface area contributed by atoms with Gasteiger partial charge in [0.1, 0.15) is 23.0 Å². The van der Waals surface area contributed by atoms with Crippen LogP contribution >= 0.6 is 11.6 Å². The van der Waals surface area contributed by atoms with Crippen molar-refractivity contribution in [1.29, 1.82) is 0 Å². The fourth-order valence-electron chi connectivity index (χ4n) is 1.78. The molecule has 0 aromatic carbocycles. The Labute approximate surface area is 149 Å². The molecule has 1 N–H and O–H groups in total. The summed E-state index contributed by atoms with van der Waals surface area (Å²) in [5.74, 6) is -0.0822. The fourth-order valence-corrected chi connectivity index (χ4v) is 2.04. The fraction of sp³-hybridized carbons (Fsp3) is 0.533. The highest BCUT2D eigenvalue weighted by Gasteiger charge is 2.23. The van der Waals surface area contributed by atoms with E-state index in [1.54, 1.807) is 41.5 Å². The van der Waals surface area contributed by atoms with E-state index in [4.69, 9.17) is 21.1 Å². The molecule has 0 atom stereocenters. The summed E-state index contributed by atoms with van der Waals surface area (Å²) in [6.45, 7) is 10.4. The molecule has 0 bridgehead atoms. The normalized spacial score (nSPS) is 12.1. The van der Waals surface area contributed by atoms with Crippen LogP contribution in [0.15, 0.2) is 6.33 Å². The second kappa shape index (κ2) is 6.47. The molecule has 0 unspecified atom stereocenters. The average Bonchev–Trinajstić information content (AvgIpc) is 2.78. The largest absolute Gasteiger partial charge is 0.444 e. The molecule has 0 saturated heterocycles. The Morgan fingerprint density at radius 2 is 1.68 bits per heavy atom. The minimum atomic E-state index is -0.727. The first-order chi connectivity index (χ1) is 11.4. The van der Waals surface area contributed by atoms with E-state index in [1.807, 2.05) is 0 Å². The molecule has 0 spiro atoms. The van der Waals surface area contributed by atoms with Gasteiger partial charge < -0.3 is 9.47 Å². The number of nitrogens with zero attached hydrogens (tertiary/aromatic N) is 4. The standard InChI is InChI=1S/C15H20ClN5O4/c1-14(2,3)24-12(22)20-11-18-9(16)8-10(19-11)17-7-21(8)13(23)25-15(4,5)6/h7H,1-6H3,(H,18,19,20,22). The van der Waals surface area contributed by atoms with Crippen LogP contribution in [0.25, 0.3) is 11.2 Å². The second-order valence-corrected chi connectivity index (χ2v) is 7.59. The van der Waals surface area contributed by atoms with Gasteiger partial charge in [0.15, 0.2) is 10.8 Å². The third kappa shape index (κ3) is 5.02. The van der Waals surface area contributed by atoms with Crippen molar-refractivity contribution in [2.75, 3.05) is 5.32 Å². The van der Waals surface area contributed by atoms with Crippen LogP contribution in [0.4, 0.5) is 15.5 Å². The van der Waals surface area contributed by atoms with Gasteiger partial charge in [-0.1, -0.05) is 11.6 Å². The van der Waals surface area contributed by atoms with Crippen molar-refractivity contribution in [3.05, 3.63) is 11.5 Å². The van der Waals surface area contributed by atoms with E-state index < -0.39 is 23.4 Å². The lowest BCUT2D eigenvalue weighted by Gasteiger charge is -2.19. The van der Waals surface area contributed by atoms with Gasteiger partial charge in [-0.3, -0.25) is 5.32 Å². The van der Waals surface area contributed by atoms with E-state index in [-0.39, 0.29) is 22.3 Å². The van der Waals surface area contributed by atoms with Crippen LogP contribution in [0.3, 0.4) is 0 Å². The monoisotopic (exact) mass is 369 g/mol. The Hall–Kier alpha value is -2.42. The van der Waals surface area contributed by atoms with E-state index in [1.165, 1.54) is 6.33 Å². The van der Waals surface area contributed by atoms with E-state index in [0.29, 0.717) is 0 Å². The number of amides is 1. The van der Waals surface area contributed by atoms with Crippen LogP contribution < -0.4 is 5.32 Å². The Balaban J connectivity index is 2.30. The van der Waals surface area contributed by atoms with Gasteiger partial charge in [0, 0.05) is 0 Å². The van der Waals surface area contributed by atoms with Crippen molar-refractivity contribution in [2.24, 2.45) is 0 Å². The number of nitrogens with one attached hydrogen (secondary N) is 1. The van der Waals surface area contributed by atoms with Gasteiger partial charge in [0.05, 0.1) is 0 Å². The Morgan fingerprint density at radius 1 is 1.08 bits per heavy atom. The van der Waals surface area contributed by atoms with Crippen LogP contribution in [0.1, 0.15) is 41.5 Å². The van der Waals surface area contributed by atoms with E-state index in [2.05, 4.69) is 20.3 Å². The molecule has 0 fully saturated rings. The molecule has 2 heterocycles. The number of imidazole rings is 1. The van der Waals surface area contributed by atoms with Crippen LogP contribution in [-0.2, 0) is 9.47 Å². The Bertz CT molecular complexity index is 820. The number of anilines is 1. The highest BCUT2D eigenvalue weighted by atomic mass is 35.5. The maximum absolute atomic E-state index is 12.2. The molecule has 2 aromatic rings. The van der Waals surface area contributed by atoms with Crippen molar-refractivity contribution in [1.82, 2.24) is 19.5 Å². The first-order valence-electron chi connectivity index (χ1n) is 7.50. The van der Waals surface area contributed by atoms with Gasteiger partial charge in [-0.25, -0.2) is 19.1 Å². The summed E-state index contributed by atoms with van der Waals surface area (Å²) in [5.41, 5.74) is -1.03. The minimum absolute atomic E-state index is 0.0561. The lowest BCUT2D eigenvalue weighted by molar-refractivity contribution is 0.0542. The highest BCUT2D eigenvalue weighted by Crippen LogP contribution is 2.23. The summed E-state index contributed by atoms with van der Waals surface area (Å²) in [4.78, 5) is 36.0. The molecule has 2 rings (SSSR count). The molecule has 25 heavy (non-hydrogen) atoms. The van der Waals surface area contributed by atoms with E-state index in [0.717, 1.165) is 4.57 Å². The number of carbonyl (C=O) groups excluding carboxylic acids is 2. The molecule has 0 aliphatic heterocycles. The summed E-state index contributed by atoms with van der Waals surface area (Å²) in [5, 5.41) is 2.32. The van der Waals surface area contributed by atoms with Gasteiger partial charge in [-0.05, 0) is 41.5 Å². The predicted molar refractivity (Wildman–Crippen MR) is 91.8 cm³/mol. The van der Waals surface area contributed by atoms with E-state index in [9.17, 15) is 9.59 Å². The molecule has 0 aliphatic rings. The van der Waals surface area contributed by atoms with Crippen LogP contribution in [-0.4, -0.2) is 42.9 Å². The molecular formula is C15H20ClN5O4.